The molecule has 1 aliphatic heterocycles. The van der Waals surface area contributed by atoms with E-state index in [1.807, 2.05) is 0 Å². The van der Waals surface area contributed by atoms with Crippen molar-refractivity contribution < 1.29 is 0 Å². The standard InChI is InChI=1S/C10H20N2/c1-10(2,3)12-6-7-4-8(12)5-9(7)11/h7-9H,4-6,11H2,1-3H3. The van der Waals surface area contributed by atoms with E-state index in [0.717, 1.165) is 12.0 Å². The van der Waals surface area contributed by atoms with Crippen LogP contribution in [0, 0.1) is 5.92 Å². The minimum absolute atomic E-state index is 0.347. The highest BCUT2D eigenvalue weighted by atomic mass is 15.3. The molecule has 0 aromatic rings. The molecule has 1 heterocycles. The zero-order valence-electron chi connectivity index (χ0n) is 8.38. The first-order valence-corrected chi connectivity index (χ1v) is 5.01. The molecule has 1 saturated heterocycles. The fourth-order valence-corrected chi connectivity index (χ4v) is 2.81. The first-order valence-electron chi connectivity index (χ1n) is 5.01. The first-order chi connectivity index (χ1) is 5.48. The van der Waals surface area contributed by atoms with Gasteiger partial charge in [-0.3, -0.25) is 4.90 Å². The molecule has 2 aliphatic rings. The Morgan fingerprint density at radius 3 is 2.25 bits per heavy atom. The fourth-order valence-electron chi connectivity index (χ4n) is 2.81. The fraction of sp³-hybridized carbons (Fsp3) is 1.00. The number of hydrogen-bond acceptors (Lipinski definition) is 2. The zero-order chi connectivity index (χ0) is 8.93. The van der Waals surface area contributed by atoms with E-state index in [-0.39, 0.29) is 0 Å². The van der Waals surface area contributed by atoms with Crippen LogP contribution in [0.5, 0.6) is 0 Å². The molecule has 0 spiro atoms. The van der Waals surface area contributed by atoms with E-state index in [1.165, 1.54) is 19.4 Å². The number of fused-ring (bicyclic) bond motifs is 2. The number of piperidine rings is 1. The maximum absolute atomic E-state index is 6.00. The van der Waals surface area contributed by atoms with E-state index in [1.54, 1.807) is 0 Å². The van der Waals surface area contributed by atoms with Crippen molar-refractivity contribution in [3.8, 4) is 0 Å². The first kappa shape index (κ1) is 8.52. The molecule has 3 unspecified atom stereocenters. The molecule has 2 heteroatoms. The predicted octanol–water partition coefficient (Wildman–Crippen LogP) is 1.21. The van der Waals surface area contributed by atoms with Gasteiger partial charge in [-0.05, 0) is 39.5 Å². The van der Waals surface area contributed by atoms with Gasteiger partial charge in [0.2, 0.25) is 0 Å². The average molecular weight is 168 g/mol. The second-order valence-electron chi connectivity index (χ2n) is 5.37. The van der Waals surface area contributed by atoms with Gasteiger partial charge < -0.3 is 5.73 Å². The molecule has 0 aromatic carbocycles. The quantitative estimate of drug-likeness (QED) is 0.589. The average Bonchev–Trinajstić information content (AvgIpc) is 2.41. The Morgan fingerprint density at radius 2 is 1.92 bits per heavy atom. The Kier molecular flexibility index (Phi) is 1.74. The molecule has 2 N–H and O–H groups in total. The Hall–Kier alpha value is -0.0800. The summed E-state index contributed by atoms with van der Waals surface area (Å²) in [6, 6.07) is 1.28. The molecule has 2 fully saturated rings. The number of nitrogens with zero attached hydrogens (tertiary/aromatic N) is 1. The van der Waals surface area contributed by atoms with Crippen LogP contribution in [0.25, 0.3) is 0 Å². The molecular weight excluding hydrogens is 148 g/mol. The van der Waals surface area contributed by atoms with Crippen molar-refractivity contribution in [3.05, 3.63) is 0 Å². The third-order valence-corrected chi connectivity index (χ3v) is 3.46. The van der Waals surface area contributed by atoms with E-state index in [2.05, 4.69) is 25.7 Å². The van der Waals surface area contributed by atoms with Gasteiger partial charge in [0.1, 0.15) is 0 Å². The molecule has 0 aromatic heterocycles. The second-order valence-corrected chi connectivity index (χ2v) is 5.37. The van der Waals surface area contributed by atoms with E-state index in [0.29, 0.717) is 11.6 Å². The molecule has 1 saturated carbocycles. The van der Waals surface area contributed by atoms with Crippen LogP contribution in [0.3, 0.4) is 0 Å². The largest absolute Gasteiger partial charge is 0.327 e. The molecular formula is C10H20N2. The van der Waals surface area contributed by atoms with Gasteiger partial charge in [0.25, 0.3) is 0 Å². The Labute approximate surface area is 75.1 Å². The summed E-state index contributed by atoms with van der Waals surface area (Å²) >= 11 is 0. The summed E-state index contributed by atoms with van der Waals surface area (Å²) in [6.07, 6.45) is 2.57. The summed E-state index contributed by atoms with van der Waals surface area (Å²) in [7, 11) is 0. The topological polar surface area (TPSA) is 29.3 Å². The zero-order valence-corrected chi connectivity index (χ0v) is 8.38. The summed E-state index contributed by atoms with van der Waals surface area (Å²) in [5, 5.41) is 0. The molecule has 2 nitrogen and oxygen atoms in total. The summed E-state index contributed by atoms with van der Waals surface area (Å²) in [5.41, 5.74) is 6.35. The van der Waals surface area contributed by atoms with E-state index in [9.17, 15) is 0 Å². The van der Waals surface area contributed by atoms with Gasteiger partial charge in [0.15, 0.2) is 0 Å². The highest BCUT2D eigenvalue weighted by molar-refractivity contribution is 5.02. The summed E-state index contributed by atoms with van der Waals surface area (Å²) in [5.74, 6) is 0.786. The molecule has 1 aliphatic carbocycles. The Balaban J connectivity index is 2.08. The summed E-state index contributed by atoms with van der Waals surface area (Å²) in [4.78, 5) is 2.63. The number of rotatable bonds is 0. The maximum Gasteiger partial charge on any atom is 0.0128 e. The van der Waals surface area contributed by atoms with Gasteiger partial charge in [0.05, 0.1) is 0 Å². The minimum atomic E-state index is 0.347. The van der Waals surface area contributed by atoms with Crippen molar-refractivity contribution >= 4 is 0 Å². The lowest BCUT2D eigenvalue weighted by atomic mass is 9.98. The summed E-state index contributed by atoms with van der Waals surface area (Å²) in [6.45, 7) is 8.15. The van der Waals surface area contributed by atoms with Gasteiger partial charge in [-0.1, -0.05) is 0 Å². The smallest absolute Gasteiger partial charge is 0.0128 e. The Morgan fingerprint density at radius 1 is 1.25 bits per heavy atom. The number of hydrogen-bond donors (Lipinski definition) is 1. The van der Waals surface area contributed by atoms with Gasteiger partial charge >= 0.3 is 0 Å². The van der Waals surface area contributed by atoms with Crippen molar-refractivity contribution in [2.45, 2.75) is 51.2 Å². The lowest BCUT2D eigenvalue weighted by molar-refractivity contribution is 0.0912. The minimum Gasteiger partial charge on any atom is -0.327 e. The van der Waals surface area contributed by atoms with Crippen molar-refractivity contribution in [3.63, 3.8) is 0 Å². The van der Waals surface area contributed by atoms with Crippen molar-refractivity contribution in [2.24, 2.45) is 11.7 Å². The van der Waals surface area contributed by atoms with Gasteiger partial charge in [-0.2, -0.15) is 0 Å². The molecule has 70 valence electrons. The monoisotopic (exact) mass is 168 g/mol. The highest BCUT2D eigenvalue weighted by Gasteiger charge is 2.46. The molecule has 12 heavy (non-hydrogen) atoms. The van der Waals surface area contributed by atoms with Crippen LogP contribution in [0.4, 0.5) is 0 Å². The van der Waals surface area contributed by atoms with Crippen LogP contribution in [-0.4, -0.2) is 29.1 Å². The Bertz CT molecular complexity index is 181. The third kappa shape index (κ3) is 1.17. The van der Waals surface area contributed by atoms with Gasteiger partial charge in [-0.25, -0.2) is 0 Å². The van der Waals surface area contributed by atoms with Crippen LogP contribution in [0.1, 0.15) is 33.6 Å². The van der Waals surface area contributed by atoms with E-state index >= 15 is 0 Å². The molecule has 3 atom stereocenters. The second kappa shape index (κ2) is 2.46. The number of likely N-dealkylation sites (tertiary alicyclic amines) is 1. The maximum atomic E-state index is 6.00. The van der Waals surface area contributed by atoms with Gasteiger partial charge in [-0.15, -0.1) is 0 Å². The van der Waals surface area contributed by atoms with Crippen LogP contribution in [0.15, 0.2) is 0 Å². The van der Waals surface area contributed by atoms with Crippen LogP contribution >= 0.6 is 0 Å². The van der Waals surface area contributed by atoms with Crippen molar-refractivity contribution in [1.29, 1.82) is 0 Å². The molecule has 0 radical (unpaired) electrons. The summed E-state index contributed by atoms with van der Waals surface area (Å²) < 4.78 is 0. The van der Waals surface area contributed by atoms with E-state index < -0.39 is 0 Å². The highest BCUT2D eigenvalue weighted by Crippen LogP contribution is 2.40. The van der Waals surface area contributed by atoms with Gasteiger partial charge in [0, 0.05) is 24.2 Å². The van der Waals surface area contributed by atoms with Crippen LogP contribution in [0.2, 0.25) is 0 Å². The number of nitrogens with two attached hydrogens (primary N) is 1. The third-order valence-electron chi connectivity index (χ3n) is 3.46. The predicted molar refractivity (Wildman–Crippen MR) is 50.9 cm³/mol. The SMILES string of the molecule is CC(C)(C)N1CC2CC1CC2N. The van der Waals surface area contributed by atoms with Crippen LogP contribution in [-0.2, 0) is 0 Å². The van der Waals surface area contributed by atoms with Crippen LogP contribution < -0.4 is 5.73 Å². The van der Waals surface area contributed by atoms with Crippen molar-refractivity contribution in [2.75, 3.05) is 6.54 Å². The van der Waals surface area contributed by atoms with E-state index in [4.69, 9.17) is 5.73 Å². The lowest BCUT2D eigenvalue weighted by Crippen LogP contribution is -2.50. The molecule has 0 amide bonds. The van der Waals surface area contributed by atoms with Crippen molar-refractivity contribution in [1.82, 2.24) is 4.90 Å². The molecule has 2 rings (SSSR count). The lowest BCUT2D eigenvalue weighted by Gasteiger charge is -2.40. The molecule has 2 bridgehead atoms. The normalized spacial score (nSPS) is 42.5.